The summed E-state index contributed by atoms with van der Waals surface area (Å²) in [4.78, 5) is 62.4. The molecule has 0 bridgehead atoms. The fraction of sp³-hybridized carbons (Fsp3) is 0.750. The highest BCUT2D eigenvalue weighted by atomic mass is 16.5. The molecule has 6 N–H and O–H groups in total. The Kier molecular flexibility index (Phi) is 19.7. The molecule has 0 spiro atoms. The van der Waals surface area contributed by atoms with Gasteiger partial charge in [0.1, 0.15) is 0 Å². The molecule has 3 aliphatic heterocycles. The Morgan fingerprint density at radius 1 is 0.500 bits per heavy atom. The van der Waals surface area contributed by atoms with E-state index >= 15 is 0 Å². The standard InChI is InChI=1S/C18H35N3O.3C2H2O4/c1-3-8-19(9-4-1)13-14-21-12-7-18(17-21)22-16-15-20-10-5-2-6-11-20;3*3-1(4)2(5)6/h18H,1-17H2;3*(H,3,4)(H,5,6). The van der Waals surface area contributed by atoms with Crippen molar-refractivity contribution < 1.29 is 64.1 Å². The summed E-state index contributed by atoms with van der Waals surface area (Å²) in [5.41, 5.74) is 0. The third-order valence-corrected chi connectivity index (χ3v) is 6.17. The van der Waals surface area contributed by atoms with E-state index in [1.807, 2.05) is 0 Å². The predicted octanol–water partition coefficient (Wildman–Crippen LogP) is -0.484. The topological polar surface area (TPSA) is 243 Å². The predicted molar refractivity (Wildman–Crippen MR) is 137 cm³/mol. The fourth-order valence-electron chi connectivity index (χ4n) is 4.13. The van der Waals surface area contributed by atoms with E-state index in [2.05, 4.69) is 14.7 Å². The molecule has 0 radical (unpaired) electrons. The summed E-state index contributed by atoms with van der Waals surface area (Å²) in [6.45, 7) is 12.2. The molecule has 16 heteroatoms. The summed E-state index contributed by atoms with van der Waals surface area (Å²) in [5.74, 6) is -10.9. The molecule has 0 aromatic rings. The molecular formula is C24H41N3O13. The number of carboxylic acids is 6. The lowest BCUT2D eigenvalue weighted by Gasteiger charge is -2.28. The van der Waals surface area contributed by atoms with Gasteiger partial charge >= 0.3 is 35.8 Å². The average Bonchev–Trinajstić information content (AvgIpc) is 3.37. The number of hydrogen-bond acceptors (Lipinski definition) is 10. The average molecular weight is 580 g/mol. The number of aliphatic carboxylic acids is 6. The molecule has 40 heavy (non-hydrogen) atoms. The minimum absolute atomic E-state index is 0.492. The van der Waals surface area contributed by atoms with Crippen LogP contribution in [0.4, 0.5) is 0 Å². The second-order valence-corrected chi connectivity index (χ2v) is 9.22. The molecule has 3 saturated heterocycles. The van der Waals surface area contributed by atoms with Crippen molar-refractivity contribution in [3.8, 4) is 0 Å². The normalized spacial score (nSPS) is 19.4. The van der Waals surface area contributed by atoms with Crippen molar-refractivity contribution in [2.24, 2.45) is 0 Å². The number of nitrogens with zero attached hydrogens (tertiary/aromatic N) is 3. The van der Waals surface area contributed by atoms with Crippen LogP contribution in [0, 0.1) is 0 Å². The van der Waals surface area contributed by atoms with Crippen molar-refractivity contribution >= 4 is 35.8 Å². The maximum atomic E-state index is 9.10. The van der Waals surface area contributed by atoms with Crippen LogP contribution in [0.1, 0.15) is 44.9 Å². The first kappa shape index (κ1) is 36.7. The lowest BCUT2D eigenvalue weighted by molar-refractivity contribution is -0.159. The zero-order valence-corrected chi connectivity index (χ0v) is 22.5. The minimum atomic E-state index is -1.82. The van der Waals surface area contributed by atoms with Crippen molar-refractivity contribution in [3.63, 3.8) is 0 Å². The molecule has 230 valence electrons. The van der Waals surface area contributed by atoms with E-state index in [1.165, 1.54) is 90.8 Å². The van der Waals surface area contributed by atoms with Crippen molar-refractivity contribution in [2.75, 3.05) is 65.5 Å². The molecule has 1 atom stereocenters. The SMILES string of the molecule is C1CCN(CCOC2CCN(CCN3CCCCC3)C2)CC1.O=C(O)C(=O)O.O=C(O)C(=O)O.O=C(O)C(=O)O. The van der Waals surface area contributed by atoms with Gasteiger partial charge in [-0.05, 0) is 58.3 Å². The van der Waals surface area contributed by atoms with E-state index in [9.17, 15) is 0 Å². The maximum Gasteiger partial charge on any atom is 0.414 e. The Bertz CT molecular complexity index is 719. The van der Waals surface area contributed by atoms with E-state index in [0.29, 0.717) is 6.10 Å². The van der Waals surface area contributed by atoms with Gasteiger partial charge in [-0.25, -0.2) is 28.8 Å². The number of likely N-dealkylation sites (tertiary alicyclic amines) is 3. The molecule has 3 rings (SSSR count). The van der Waals surface area contributed by atoms with Gasteiger partial charge in [0.05, 0.1) is 12.7 Å². The fourth-order valence-corrected chi connectivity index (χ4v) is 4.13. The molecule has 0 aliphatic carbocycles. The summed E-state index contributed by atoms with van der Waals surface area (Å²) in [6, 6.07) is 0. The van der Waals surface area contributed by atoms with Crippen LogP contribution in [0.15, 0.2) is 0 Å². The van der Waals surface area contributed by atoms with Crippen LogP contribution in [-0.4, -0.2) is 153 Å². The van der Waals surface area contributed by atoms with Gasteiger partial charge in [0, 0.05) is 32.7 Å². The van der Waals surface area contributed by atoms with E-state index < -0.39 is 35.8 Å². The van der Waals surface area contributed by atoms with Gasteiger partial charge in [0.25, 0.3) is 0 Å². The van der Waals surface area contributed by atoms with Crippen molar-refractivity contribution in [1.29, 1.82) is 0 Å². The van der Waals surface area contributed by atoms with Crippen molar-refractivity contribution in [3.05, 3.63) is 0 Å². The zero-order valence-electron chi connectivity index (χ0n) is 22.5. The number of hydrogen-bond donors (Lipinski definition) is 6. The van der Waals surface area contributed by atoms with E-state index in [-0.39, 0.29) is 0 Å². The number of carbonyl (C=O) groups is 6. The number of piperidine rings is 2. The summed E-state index contributed by atoms with van der Waals surface area (Å²) < 4.78 is 6.13. The van der Waals surface area contributed by atoms with Crippen LogP contribution in [0.25, 0.3) is 0 Å². The molecule has 3 heterocycles. The zero-order chi connectivity index (χ0) is 30.5. The molecule has 16 nitrogen and oxygen atoms in total. The third-order valence-electron chi connectivity index (χ3n) is 6.17. The lowest BCUT2D eigenvalue weighted by Crippen LogP contribution is -2.37. The Hall–Kier alpha value is -3.34. The third kappa shape index (κ3) is 19.7. The van der Waals surface area contributed by atoms with Crippen LogP contribution in [0.3, 0.4) is 0 Å². The first-order chi connectivity index (χ1) is 18.8. The molecule has 0 amide bonds. The van der Waals surface area contributed by atoms with Crippen LogP contribution >= 0.6 is 0 Å². The lowest BCUT2D eigenvalue weighted by atomic mass is 10.1. The van der Waals surface area contributed by atoms with Gasteiger partial charge < -0.3 is 45.2 Å². The largest absolute Gasteiger partial charge is 0.473 e. The Morgan fingerprint density at radius 2 is 0.850 bits per heavy atom. The number of rotatable bonds is 7. The Labute approximate surface area is 231 Å². The molecule has 0 aromatic carbocycles. The first-order valence-corrected chi connectivity index (χ1v) is 13.0. The van der Waals surface area contributed by atoms with Gasteiger partial charge in [-0.1, -0.05) is 12.8 Å². The molecular weight excluding hydrogens is 538 g/mol. The van der Waals surface area contributed by atoms with Crippen LogP contribution in [0.5, 0.6) is 0 Å². The molecule has 3 aliphatic rings. The van der Waals surface area contributed by atoms with Crippen LogP contribution in [-0.2, 0) is 33.5 Å². The Balaban J connectivity index is 0.000000692. The van der Waals surface area contributed by atoms with Crippen LogP contribution < -0.4 is 0 Å². The van der Waals surface area contributed by atoms with E-state index in [1.54, 1.807) is 0 Å². The molecule has 0 aromatic heterocycles. The molecule has 1 unspecified atom stereocenters. The molecule has 3 fully saturated rings. The highest BCUT2D eigenvalue weighted by Gasteiger charge is 2.23. The van der Waals surface area contributed by atoms with Crippen molar-refractivity contribution in [2.45, 2.75) is 51.0 Å². The Morgan fingerprint density at radius 3 is 1.23 bits per heavy atom. The summed E-state index contributed by atoms with van der Waals surface area (Å²) >= 11 is 0. The highest BCUT2D eigenvalue weighted by molar-refractivity contribution is 6.28. The highest BCUT2D eigenvalue weighted by Crippen LogP contribution is 2.14. The molecule has 0 saturated carbocycles. The van der Waals surface area contributed by atoms with Crippen molar-refractivity contribution in [1.82, 2.24) is 14.7 Å². The maximum absolute atomic E-state index is 9.10. The van der Waals surface area contributed by atoms with Gasteiger partial charge in [-0.15, -0.1) is 0 Å². The second-order valence-electron chi connectivity index (χ2n) is 9.22. The van der Waals surface area contributed by atoms with Gasteiger partial charge in [0.15, 0.2) is 0 Å². The van der Waals surface area contributed by atoms with Gasteiger partial charge in [0.2, 0.25) is 0 Å². The summed E-state index contributed by atoms with van der Waals surface area (Å²) in [7, 11) is 0. The summed E-state index contributed by atoms with van der Waals surface area (Å²) in [5, 5.41) is 44.3. The van der Waals surface area contributed by atoms with E-state index in [4.69, 9.17) is 64.1 Å². The second kappa shape index (κ2) is 21.5. The first-order valence-electron chi connectivity index (χ1n) is 13.0. The summed E-state index contributed by atoms with van der Waals surface area (Å²) in [6.07, 6.45) is 10.2. The van der Waals surface area contributed by atoms with Crippen LogP contribution in [0.2, 0.25) is 0 Å². The number of carboxylic acid groups (broad SMARTS) is 6. The quantitative estimate of drug-likeness (QED) is 0.208. The number of ether oxygens (including phenoxy) is 1. The smallest absolute Gasteiger partial charge is 0.414 e. The van der Waals surface area contributed by atoms with Gasteiger partial charge in [-0.3, -0.25) is 4.90 Å². The van der Waals surface area contributed by atoms with E-state index in [0.717, 1.165) is 19.7 Å². The van der Waals surface area contributed by atoms with Gasteiger partial charge in [-0.2, -0.15) is 0 Å². The minimum Gasteiger partial charge on any atom is -0.473 e. The monoisotopic (exact) mass is 579 g/mol.